The highest BCUT2D eigenvalue weighted by molar-refractivity contribution is 6.37. The Hall–Kier alpha value is -1.32. The van der Waals surface area contributed by atoms with Crippen LogP contribution in [-0.2, 0) is 12.8 Å². The molecule has 0 bridgehead atoms. The van der Waals surface area contributed by atoms with E-state index in [4.69, 9.17) is 28.9 Å². The Balaban J connectivity index is 0.000000134. The molecule has 1 aliphatic rings. The third-order valence-corrected chi connectivity index (χ3v) is 3.40. The van der Waals surface area contributed by atoms with Crippen molar-refractivity contribution >= 4 is 28.9 Å². The minimum atomic E-state index is 0.190. The molecule has 0 fully saturated rings. The standard InChI is InChI=1S/C9H10.C4H3Cl2N3/c1-2-5-9-7-3-6-8(9)4-1;5-3-2(7)4(6)9-1-8-3/h1-2,4-5H,3,6-7H2;1H,7H2. The summed E-state index contributed by atoms with van der Waals surface area (Å²) in [6, 6.07) is 8.74. The molecular weight excluding hydrogens is 269 g/mol. The van der Waals surface area contributed by atoms with E-state index < -0.39 is 0 Å². The van der Waals surface area contributed by atoms with Crippen LogP contribution in [0.25, 0.3) is 0 Å². The lowest BCUT2D eigenvalue weighted by Gasteiger charge is -1.94. The van der Waals surface area contributed by atoms with Crippen LogP contribution in [-0.4, -0.2) is 9.97 Å². The Kier molecular flexibility index (Phi) is 4.39. The van der Waals surface area contributed by atoms with Gasteiger partial charge in [-0.15, -0.1) is 0 Å². The van der Waals surface area contributed by atoms with Crippen molar-refractivity contribution in [2.75, 3.05) is 5.73 Å². The van der Waals surface area contributed by atoms with Gasteiger partial charge in [0.25, 0.3) is 0 Å². The number of aromatic nitrogens is 2. The molecule has 94 valence electrons. The summed E-state index contributed by atoms with van der Waals surface area (Å²) in [5.41, 5.74) is 8.65. The maximum Gasteiger partial charge on any atom is 0.156 e. The van der Waals surface area contributed by atoms with Crippen molar-refractivity contribution in [2.24, 2.45) is 0 Å². The van der Waals surface area contributed by atoms with Gasteiger partial charge in [0, 0.05) is 0 Å². The number of rotatable bonds is 0. The second-order valence-electron chi connectivity index (χ2n) is 3.99. The molecule has 0 saturated carbocycles. The summed E-state index contributed by atoms with van der Waals surface area (Å²) in [4.78, 5) is 7.17. The lowest BCUT2D eigenvalue weighted by atomic mass is 10.1. The molecule has 1 aromatic heterocycles. The number of anilines is 1. The van der Waals surface area contributed by atoms with Crippen LogP contribution in [0.15, 0.2) is 30.6 Å². The van der Waals surface area contributed by atoms with Gasteiger partial charge in [0.15, 0.2) is 10.3 Å². The molecule has 0 aliphatic heterocycles. The van der Waals surface area contributed by atoms with Crippen molar-refractivity contribution in [2.45, 2.75) is 19.3 Å². The van der Waals surface area contributed by atoms with E-state index in [-0.39, 0.29) is 16.0 Å². The molecule has 5 heteroatoms. The van der Waals surface area contributed by atoms with Crippen molar-refractivity contribution in [1.82, 2.24) is 9.97 Å². The molecule has 1 aromatic carbocycles. The summed E-state index contributed by atoms with van der Waals surface area (Å²) >= 11 is 10.9. The van der Waals surface area contributed by atoms with Gasteiger partial charge < -0.3 is 5.73 Å². The first-order valence-electron chi connectivity index (χ1n) is 5.66. The second-order valence-corrected chi connectivity index (χ2v) is 4.71. The highest BCUT2D eigenvalue weighted by atomic mass is 35.5. The molecule has 3 rings (SSSR count). The zero-order chi connectivity index (χ0) is 13.0. The van der Waals surface area contributed by atoms with Gasteiger partial charge in [-0.25, -0.2) is 9.97 Å². The number of benzene rings is 1. The Morgan fingerprint density at radius 2 is 1.44 bits per heavy atom. The van der Waals surface area contributed by atoms with E-state index in [1.807, 2.05) is 0 Å². The van der Waals surface area contributed by atoms with Crippen molar-refractivity contribution in [3.8, 4) is 0 Å². The fourth-order valence-electron chi connectivity index (χ4n) is 1.87. The summed E-state index contributed by atoms with van der Waals surface area (Å²) in [5, 5.41) is 0.380. The molecular formula is C13H13Cl2N3. The first-order valence-corrected chi connectivity index (χ1v) is 6.42. The number of nitrogens with two attached hydrogens (primary N) is 1. The molecule has 1 heterocycles. The van der Waals surface area contributed by atoms with Gasteiger partial charge in [0.05, 0.1) is 0 Å². The maximum absolute atomic E-state index is 5.45. The van der Waals surface area contributed by atoms with Gasteiger partial charge in [-0.3, -0.25) is 0 Å². The van der Waals surface area contributed by atoms with Crippen LogP contribution in [0.5, 0.6) is 0 Å². The summed E-state index contributed by atoms with van der Waals surface area (Å²) < 4.78 is 0. The van der Waals surface area contributed by atoms with Crippen molar-refractivity contribution < 1.29 is 0 Å². The average Bonchev–Trinajstić information content (AvgIpc) is 2.85. The van der Waals surface area contributed by atoms with E-state index in [9.17, 15) is 0 Å². The predicted octanol–water partition coefficient (Wildman–Crippen LogP) is 3.54. The summed E-state index contributed by atoms with van der Waals surface area (Å²) in [6.45, 7) is 0. The van der Waals surface area contributed by atoms with Crippen molar-refractivity contribution in [3.05, 3.63) is 52.0 Å². The van der Waals surface area contributed by atoms with Gasteiger partial charge in [-0.2, -0.15) is 0 Å². The number of hydrogen-bond acceptors (Lipinski definition) is 3. The Morgan fingerprint density at radius 3 is 1.89 bits per heavy atom. The van der Waals surface area contributed by atoms with E-state index in [2.05, 4.69) is 34.2 Å². The van der Waals surface area contributed by atoms with Crippen molar-refractivity contribution in [1.29, 1.82) is 0 Å². The second kappa shape index (κ2) is 6.03. The number of nitrogen functional groups attached to an aromatic ring is 1. The Bertz CT molecular complexity index is 500. The molecule has 2 N–H and O–H groups in total. The van der Waals surface area contributed by atoms with Gasteiger partial charge in [-0.1, -0.05) is 47.5 Å². The first-order chi connectivity index (χ1) is 8.68. The minimum Gasteiger partial charge on any atom is -0.394 e. The minimum absolute atomic E-state index is 0.190. The largest absolute Gasteiger partial charge is 0.394 e. The van der Waals surface area contributed by atoms with Gasteiger partial charge in [0.1, 0.15) is 12.0 Å². The van der Waals surface area contributed by atoms with Crippen LogP contribution in [0.2, 0.25) is 10.3 Å². The highest BCUT2D eigenvalue weighted by Crippen LogP contribution is 2.21. The normalized spacial score (nSPS) is 12.6. The van der Waals surface area contributed by atoms with Gasteiger partial charge >= 0.3 is 0 Å². The molecule has 0 atom stereocenters. The van der Waals surface area contributed by atoms with E-state index in [1.54, 1.807) is 11.1 Å². The highest BCUT2D eigenvalue weighted by Gasteiger charge is 2.07. The van der Waals surface area contributed by atoms with Crippen LogP contribution >= 0.6 is 23.2 Å². The number of hydrogen-bond donors (Lipinski definition) is 1. The topological polar surface area (TPSA) is 51.8 Å². The monoisotopic (exact) mass is 281 g/mol. The average molecular weight is 282 g/mol. The number of aryl methyl sites for hydroxylation is 2. The quantitative estimate of drug-likeness (QED) is 0.752. The molecule has 1 aliphatic carbocycles. The summed E-state index contributed by atoms with van der Waals surface area (Å²) in [6.07, 6.45) is 5.22. The number of fused-ring (bicyclic) bond motifs is 1. The van der Waals surface area contributed by atoms with Crippen LogP contribution in [0.3, 0.4) is 0 Å². The molecule has 18 heavy (non-hydrogen) atoms. The number of nitrogens with zero attached hydrogens (tertiary/aromatic N) is 2. The third-order valence-electron chi connectivity index (χ3n) is 2.80. The zero-order valence-electron chi connectivity index (χ0n) is 9.74. The molecule has 0 radical (unpaired) electrons. The first kappa shape index (κ1) is 13.1. The molecule has 0 spiro atoms. The van der Waals surface area contributed by atoms with Gasteiger partial charge in [-0.05, 0) is 30.4 Å². The number of halogens is 2. The SMILES string of the molecule is Nc1c(Cl)ncnc1Cl.c1ccc2c(c1)CCC2. The van der Waals surface area contributed by atoms with E-state index in [1.165, 1.54) is 25.6 Å². The summed E-state index contributed by atoms with van der Waals surface area (Å²) in [7, 11) is 0. The Morgan fingerprint density at radius 1 is 0.944 bits per heavy atom. The van der Waals surface area contributed by atoms with E-state index in [0.29, 0.717) is 0 Å². The third kappa shape index (κ3) is 3.12. The molecule has 0 unspecified atom stereocenters. The van der Waals surface area contributed by atoms with Crippen LogP contribution < -0.4 is 5.73 Å². The fraction of sp³-hybridized carbons (Fsp3) is 0.231. The Labute approximate surface area is 116 Å². The fourth-order valence-corrected chi connectivity index (χ4v) is 2.18. The molecule has 0 amide bonds. The molecule has 2 aromatic rings. The summed E-state index contributed by atoms with van der Waals surface area (Å²) in [5.74, 6) is 0. The van der Waals surface area contributed by atoms with Crippen LogP contribution in [0.1, 0.15) is 17.5 Å². The lowest BCUT2D eigenvalue weighted by Crippen LogP contribution is -1.91. The molecule has 0 saturated heterocycles. The predicted molar refractivity (Wildman–Crippen MR) is 74.9 cm³/mol. The van der Waals surface area contributed by atoms with E-state index >= 15 is 0 Å². The molecule has 3 nitrogen and oxygen atoms in total. The van der Waals surface area contributed by atoms with Crippen LogP contribution in [0, 0.1) is 0 Å². The lowest BCUT2D eigenvalue weighted by molar-refractivity contribution is 0.912. The smallest absolute Gasteiger partial charge is 0.156 e. The van der Waals surface area contributed by atoms with Crippen LogP contribution in [0.4, 0.5) is 5.69 Å². The van der Waals surface area contributed by atoms with Crippen molar-refractivity contribution in [3.63, 3.8) is 0 Å². The maximum atomic E-state index is 5.45. The van der Waals surface area contributed by atoms with Gasteiger partial charge in [0.2, 0.25) is 0 Å². The van der Waals surface area contributed by atoms with E-state index in [0.717, 1.165) is 0 Å². The zero-order valence-corrected chi connectivity index (χ0v) is 11.2.